The molecule has 1 aromatic rings. The average Bonchev–Trinajstić information content (AvgIpc) is 2.16. The van der Waals surface area contributed by atoms with Crippen molar-refractivity contribution in [1.29, 1.82) is 0 Å². The summed E-state index contributed by atoms with van der Waals surface area (Å²) in [6.45, 7) is 2.31. The Labute approximate surface area is 87.7 Å². The van der Waals surface area contributed by atoms with E-state index in [4.69, 9.17) is 11.6 Å². The van der Waals surface area contributed by atoms with Crippen molar-refractivity contribution >= 4 is 17.3 Å². The van der Waals surface area contributed by atoms with Crippen LogP contribution >= 0.6 is 11.6 Å². The first kappa shape index (κ1) is 11.3. The Morgan fingerprint density at radius 2 is 2.29 bits per heavy atom. The zero-order chi connectivity index (χ0) is 10.6. The van der Waals surface area contributed by atoms with E-state index in [0.29, 0.717) is 23.7 Å². The molecule has 14 heavy (non-hydrogen) atoms. The molecule has 0 aliphatic carbocycles. The lowest BCUT2D eigenvalue weighted by molar-refractivity contribution is 0.183. The maximum atomic E-state index is 12.7. The zero-order valence-corrected chi connectivity index (χ0v) is 8.68. The average molecular weight is 218 g/mol. The van der Waals surface area contributed by atoms with Crippen LogP contribution in [0.25, 0.3) is 0 Å². The third kappa shape index (κ3) is 3.16. The van der Waals surface area contributed by atoms with Crippen LogP contribution in [0, 0.1) is 5.82 Å². The van der Waals surface area contributed by atoms with Crippen LogP contribution in [0.15, 0.2) is 18.2 Å². The van der Waals surface area contributed by atoms with Gasteiger partial charge in [0.25, 0.3) is 0 Å². The van der Waals surface area contributed by atoms with Crippen LogP contribution < -0.4 is 5.32 Å². The molecule has 0 radical (unpaired) electrons. The van der Waals surface area contributed by atoms with E-state index in [9.17, 15) is 9.50 Å². The molecule has 0 aliphatic rings. The third-order valence-electron chi connectivity index (χ3n) is 1.93. The van der Waals surface area contributed by atoms with Gasteiger partial charge in [0, 0.05) is 6.54 Å². The van der Waals surface area contributed by atoms with E-state index in [1.54, 1.807) is 6.07 Å². The van der Waals surface area contributed by atoms with Gasteiger partial charge in [0.15, 0.2) is 0 Å². The van der Waals surface area contributed by atoms with E-state index in [1.165, 1.54) is 12.1 Å². The van der Waals surface area contributed by atoms with Crippen LogP contribution in [-0.2, 0) is 0 Å². The molecule has 0 aromatic heterocycles. The second-order valence-corrected chi connectivity index (χ2v) is 3.47. The second kappa shape index (κ2) is 5.17. The lowest BCUT2D eigenvalue weighted by Crippen LogP contribution is -2.18. The molecule has 0 saturated carbocycles. The summed E-state index contributed by atoms with van der Waals surface area (Å²) in [6, 6.07) is 4.12. The van der Waals surface area contributed by atoms with Crippen LogP contribution in [0.5, 0.6) is 0 Å². The minimum atomic E-state index is -0.406. The first-order valence-corrected chi connectivity index (χ1v) is 4.88. The van der Waals surface area contributed by atoms with E-state index in [1.807, 2.05) is 6.92 Å². The minimum Gasteiger partial charge on any atom is -0.391 e. The van der Waals surface area contributed by atoms with Crippen LogP contribution in [-0.4, -0.2) is 17.8 Å². The summed E-state index contributed by atoms with van der Waals surface area (Å²) in [7, 11) is 0. The van der Waals surface area contributed by atoms with E-state index in [0.717, 1.165) is 0 Å². The largest absolute Gasteiger partial charge is 0.391 e. The van der Waals surface area contributed by atoms with Crippen molar-refractivity contribution in [3.8, 4) is 0 Å². The van der Waals surface area contributed by atoms with Gasteiger partial charge in [0.05, 0.1) is 16.8 Å². The van der Waals surface area contributed by atoms with E-state index < -0.39 is 6.10 Å². The number of hydrogen-bond acceptors (Lipinski definition) is 2. The van der Waals surface area contributed by atoms with Crippen LogP contribution in [0.1, 0.15) is 13.3 Å². The lowest BCUT2D eigenvalue weighted by atomic mass is 10.2. The molecule has 1 aromatic carbocycles. The van der Waals surface area contributed by atoms with E-state index in [2.05, 4.69) is 5.32 Å². The van der Waals surface area contributed by atoms with Gasteiger partial charge in [-0.3, -0.25) is 0 Å². The Morgan fingerprint density at radius 1 is 1.57 bits per heavy atom. The minimum absolute atomic E-state index is 0.327. The molecule has 0 spiro atoms. The number of hydrogen-bond donors (Lipinski definition) is 2. The van der Waals surface area contributed by atoms with Gasteiger partial charge in [-0.05, 0) is 24.6 Å². The van der Waals surface area contributed by atoms with Gasteiger partial charge in [-0.1, -0.05) is 18.5 Å². The quantitative estimate of drug-likeness (QED) is 0.813. The molecule has 2 nitrogen and oxygen atoms in total. The number of aliphatic hydroxyl groups is 1. The standard InChI is InChI=1S/C10H13ClFNO/c1-2-8(14)6-13-10-4-3-7(12)5-9(10)11/h3-5,8,13-14H,2,6H2,1H3. The summed E-state index contributed by atoms with van der Waals surface area (Å²) in [5.74, 6) is -0.364. The number of aliphatic hydroxyl groups excluding tert-OH is 1. The summed E-state index contributed by atoms with van der Waals surface area (Å²) in [5.41, 5.74) is 0.639. The van der Waals surface area contributed by atoms with E-state index in [-0.39, 0.29) is 5.82 Å². The highest BCUT2D eigenvalue weighted by Crippen LogP contribution is 2.22. The maximum absolute atomic E-state index is 12.7. The zero-order valence-electron chi connectivity index (χ0n) is 7.93. The molecule has 0 amide bonds. The van der Waals surface area contributed by atoms with Crippen molar-refractivity contribution < 1.29 is 9.50 Å². The Kier molecular flexibility index (Phi) is 4.17. The van der Waals surface area contributed by atoms with Gasteiger partial charge in [-0.25, -0.2) is 4.39 Å². The summed E-state index contributed by atoms with van der Waals surface area (Å²) in [5, 5.41) is 12.6. The SMILES string of the molecule is CCC(O)CNc1ccc(F)cc1Cl. The van der Waals surface area contributed by atoms with Crippen LogP contribution in [0.3, 0.4) is 0 Å². The molecular weight excluding hydrogens is 205 g/mol. The van der Waals surface area contributed by atoms with Gasteiger partial charge < -0.3 is 10.4 Å². The Hall–Kier alpha value is -0.800. The third-order valence-corrected chi connectivity index (χ3v) is 2.24. The number of benzene rings is 1. The molecule has 1 rings (SSSR count). The number of halogens is 2. The predicted octanol–water partition coefficient (Wildman–Crippen LogP) is 2.66. The summed E-state index contributed by atoms with van der Waals surface area (Å²) >= 11 is 5.77. The molecule has 0 bridgehead atoms. The van der Waals surface area contributed by atoms with Crippen LogP contribution in [0.4, 0.5) is 10.1 Å². The molecule has 1 unspecified atom stereocenters. The van der Waals surface area contributed by atoms with Crippen molar-refractivity contribution in [2.45, 2.75) is 19.4 Å². The summed E-state index contributed by atoms with van der Waals surface area (Å²) in [4.78, 5) is 0. The maximum Gasteiger partial charge on any atom is 0.124 e. The van der Waals surface area contributed by atoms with Crippen molar-refractivity contribution in [3.05, 3.63) is 29.0 Å². The van der Waals surface area contributed by atoms with Crippen molar-refractivity contribution in [2.24, 2.45) is 0 Å². The highest BCUT2D eigenvalue weighted by molar-refractivity contribution is 6.33. The second-order valence-electron chi connectivity index (χ2n) is 3.07. The van der Waals surface area contributed by atoms with Gasteiger partial charge in [0.1, 0.15) is 5.82 Å². The van der Waals surface area contributed by atoms with E-state index >= 15 is 0 Å². The molecule has 1 atom stereocenters. The molecule has 0 saturated heterocycles. The highest BCUT2D eigenvalue weighted by Gasteiger charge is 2.04. The molecule has 0 heterocycles. The number of rotatable bonds is 4. The number of nitrogens with one attached hydrogen (secondary N) is 1. The fourth-order valence-corrected chi connectivity index (χ4v) is 1.24. The number of anilines is 1. The monoisotopic (exact) mass is 217 g/mol. The summed E-state index contributed by atoms with van der Waals surface area (Å²) in [6.07, 6.45) is 0.266. The normalized spacial score (nSPS) is 12.6. The first-order chi connectivity index (χ1) is 6.63. The first-order valence-electron chi connectivity index (χ1n) is 4.50. The Balaban J connectivity index is 2.59. The molecule has 0 fully saturated rings. The Bertz CT molecular complexity index is 306. The summed E-state index contributed by atoms with van der Waals surface area (Å²) < 4.78 is 12.7. The van der Waals surface area contributed by atoms with Crippen molar-refractivity contribution in [3.63, 3.8) is 0 Å². The van der Waals surface area contributed by atoms with Gasteiger partial charge in [0.2, 0.25) is 0 Å². The highest BCUT2D eigenvalue weighted by atomic mass is 35.5. The lowest BCUT2D eigenvalue weighted by Gasteiger charge is -2.11. The fraction of sp³-hybridized carbons (Fsp3) is 0.400. The van der Waals surface area contributed by atoms with Crippen molar-refractivity contribution in [1.82, 2.24) is 0 Å². The Morgan fingerprint density at radius 3 is 2.86 bits per heavy atom. The topological polar surface area (TPSA) is 32.3 Å². The smallest absolute Gasteiger partial charge is 0.124 e. The molecule has 0 aliphatic heterocycles. The fourth-order valence-electron chi connectivity index (χ4n) is 1.00. The molecule has 4 heteroatoms. The van der Waals surface area contributed by atoms with Crippen LogP contribution in [0.2, 0.25) is 5.02 Å². The van der Waals surface area contributed by atoms with Crippen molar-refractivity contribution in [2.75, 3.05) is 11.9 Å². The molecular formula is C10H13ClFNO. The molecule has 2 N–H and O–H groups in total. The predicted molar refractivity (Wildman–Crippen MR) is 56.2 cm³/mol. The molecule has 78 valence electrons. The van der Waals surface area contributed by atoms with Gasteiger partial charge in [-0.15, -0.1) is 0 Å². The van der Waals surface area contributed by atoms with Gasteiger partial charge >= 0.3 is 0 Å². The van der Waals surface area contributed by atoms with Gasteiger partial charge in [-0.2, -0.15) is 0 Å².